The zero-order valence-electron chi connectivity index (χ0n) is 17.8. The molecule has 1 fully saturated rings. The minimum atomic E-state index is -0.460. The molecule has 5 rings (SSSR count). The van der Waals surface area contributed by atoms with Crippen molar-refractivity contribution in [1.82, 2.24) is 14.9 Å². The van der Waals surface area contributed by atoms with E-state index in [1.165, 1.54) is 6.07 Å². The summed E-state index contributed by atoms with van der Waals surface area (Å²) in [6.45, 7) is 4.05. The molecule has 6 nitrogen and oxygen atoms in total. The molecule has 1 saturated heterocycles. The highest BCUT2D eigenvalue weighted by Gasteiger charge is 2.32. The minimum absolute atomic E-state index is 0.0890. The molecular formula is C24H22ClFN4O2. The van der Waals surface area contributed by atoms with Crippen molar-refractivity contribution in [3.8, 4) is 11.3 Å². The van der Waals surface area contributed by atoms with E-state index >= 15 is 0 Å². The topological polar surface area (TPSA) is 58.6 Å². The van der Waals surface area contributed by atoms with Gasteiger partial charge >= 0.3 is 0 Å². The van der Waals surface area contributed by atoms with Gasteiger partial charge in [0.15, 0.2) is 0 Å². The summed E-state index contributed by atoms with van der Waals surface area (Å²) in [6.07, 6.45) is 1.63. The van der Waals surface area contributed by atoms with Gasteiger partial charge in [0, 0.05) is 54.7 Å². The van der Waals surface area contributed by atoms with Crippen LogP contribution < -0.4 is 4.90 Å². The molecule has 3 aromatic rings. The smallest absolute Gasteiger partial charge is 0.254 e. The number of hydrogen-bond donors (Lipinski definition) is 0. The predicted octanol–water partition coefficient (Wildman–Crippen LogP) is 4.41. The van der Waals surface area contributed by atoms with E-state index in [4.69, 9.17) is 21.3 Å². The van der Waals surface area contributed by atoms with Crippen LogP contribution in [0.15, 0.2) is 42.6 Å². The maximum Gasteiger partial charge on any atom is 0.254 e. The first kappa shape index (κ1) is 20.8. The Morgan fingerprint density at radius 3 is 2.81 bits per heavy atom. The number of pyridine rings is 2. The fraction of sp³-hybridized carbons (Fsp3) is 0.292. The molecular weight excluding hydrogens is 431 g/mol. The summed E-state index contributed by atoms with van der Waals surface area (Å²) in [5.41, 5.74) is 4.08. The van der Waals surface area contributed by atoms with Crippen LogP contribution in [0, 0.1) is 12.7 Å². The van der Waals surface area contributed by atoms with Crippen molar-refractivity contribution in [2.24, 2.45) is 0 Å². The van der Waals surface area contributed by atoms with Gasteiger partial charge in [-0.2, -0.15) is 0 Å². The number of amides is 1. The van der Waals surface area contributed by atoms with Crippen LogP contribution in [0.2, 0.25) is 5.02 Å². The average Bonchev–Trinajstić information content (AvgIpc) is 3.07. The van der Waals surface area contributed by atoms with Crippen LogP contribution >= 0.6 is 11.6 Å². The molecule has 1 atom stereocenters. The van der Waals surface area contributed by atoms with Crippen LogP contribution in [0.3, 0.4) is 0 Å². The van der Waals surface area contributed by atoms with Crippen molar-refractivity contribution in [3.63, 3.8) is 0 Å². The predicted molar refractivity (Wildman–Crippen MR) is 120 cm³/mol. The molecule has 2 aromatic heterocycles. The number of morpholine rings is 1. The number of benzene rings is 1. The van der Waals surface area contributed by atoms with Gasteiger partial charge in [0.2, 0.25) is 0 Å². The van der Waals surface area contributed by atoms with Crippen LogP contribution in [-0.2, 0) is 11.3 Å². The first-order valence-corrected chi connectivity index (χ1v) is 10.8. The molecule has 0 radical (unpaired) electrons. The van der Waals surface area contributed by atoms with Gasteiger partial charge in [0.05, 0.1) is 17.9 Å². The molecule has 0 unspecified atom stereocenters. The fourth-order valence-corrected chi connectivity index (χ4v) is 4.48. The summed E-state index contributed by atoms with van der Waals surface area (Å²) < 4.78 is 20.8. The lowest BCUT2D eigenvalue weighted by Gasteiger charge is -2.34. The Balaban J connectivity index is 1.57. The molecule has 1 aromatic carbocycles. The number of rotatable bonds is 3. The maximum absolute atomic E-state index is 14.8. The molecule has 4 heterocycles. The number of hydrogen-bond acceptors (Lipinski definition) is 5. The number of ether oxygens (including phenoxy) is 1. The maximum atomic E-state index is 14.8. The Morgan fingerprint density at radius 2 is 2.03 bits per heavy atom. The van der Waals surface area contributed by atoms with Gasteiger partial charge in [0.25, 0.3) is 5.91 Å². The highest BCUT2D eigenvalue weighted by molar-refractivity contribution is 6.30. The normalized spacial score (nSPS) is 18.2. The number of carbonyl (C=O) groups is 1. The van der Waals surface area contributed by atoms with Crippen LogP contribution in [-0.4, -0.2) is 47.5 Å². The number of aryl methyl sites for hydroxylation is 1. The lowest BCUT2D eigenvalue weighted by atomic mass is 10.0. The summed E-state index contributed by atoms with van der Waals surface area (Å²) in [6, 6.07) is 10.3. The summed E-state index contributed by atoms with van der Waals surface area (Å²) in [5, 5.41) is 0.316. The Bertz CT molecular complexity index is 1220. The molecule has 164 valence electrons. The van der Waals surface area contributed by atoms with Gasteiger partial charge < -0.3 is 14.5 Å². The highest BCUT2D eigenvalue weighted by Crippen LogP contribution is 2.36. The van der Waals surface area contributed by atoms with E-state index < -0.39 is 5.82 Å². The minimum Gasteiger partial charge on any atom is -0.370 e. The van der Waals surface area contributed by atoms with E-state index in [0.29, 0.717) is 53.9 Å². The van der Waals surface area contributed by atoms with Gasteiger partial charge in [0.1, 0.15) is 17.7 Å². The average molecular weight is 453 g/mol. The highest BCUT2D eigenvalue weighted by atomic mass is 35.5. The molecule has 2 aliphatic rings. The summed E-state index contributed by atoms with van der Waals surface area (Å²) in [7, 11) is 1.74. The monoisotopic (exact) mass is 452 g/mol. The Labute approximate surface area is 190 Å². The third-order valence-corrected chi connectivity index (χ3v) is 6.19. The fourth-order valence-electron chi connectivity index (χ4n) is 4.32. The quantitative estimate of drug-likeness (QED) is 0.589. The van der Waals surface area contributed by atoms with E-state index in [0.717, 1.165) is 16.8 Å². The largest absolute Gasteiger partial charge is 0.370 e. The zero-order chi connectivity index (χ0) is 22.4. The molecule has 0 saturated carbocycles. The Kier molecular flexibility index (Phi) is 5.31. The first-order chi connectivity index (χ1) is 15.4. The molecule has 0 bridgehead atoms. The second kappa shape index (κ2) is 8.15. The van der Waals surface area contributed by atoms with E-state index in [-0.39, 0.29) is 12.0 Å². The van der Waals surface area contributed by atoms with Crippen molar-refractivity contribution in [2.75, 3.05) is 31.6 Å². The number of nitrogens with zero attached hydrogens (tertiary/aromatic N) is 4. The lowest BCUT2D eigenvalue weighted by Crippen LogP contribution is -2.39. The Hall–Kier alpha value is -3.03. The van der Waals surface area contributed by atoms with Crippen molar-refractivity contribution in [2.45, 2.75) is 19.6 Å². The second-order valence-corrected chi connectivity index (χ2v) is 8.61. The van der Waals surface area contributed by atoms with Gasteiger partial charge in [-0.1, -0.05) is 11.6 Å². The van der Waals surface area contributed by atoms with Gasteiger partial charge in [-0.3, -0.25) is 9.78 Å². The van der Waals surface area contributed by atoms with E-state index in [2.05, 4.69) is 9.88 Å². The van der Waals surface area contributed by atoms with Crippen molar-refractivity contribution >= 4 is 23.3 Å². The molecule has 0 N–H and O–H groups in total. The van der Waals surface area contributed by atoms with Crippen LogP contribution in [0.4, 0.5) is 10.2 Å². The van der Waals surface area contributed by atoms with Gasteiger partial charge in [-0.15, -0.1) is 0 Å². The molecule has 2 aliphatic heterocycles. The van der Waals surface area contributed by atoms with Crippen molar-refractivity contribution < 1.29 is 13.9 Å². The summed E-state index contributed by atoms with van der Waals surface area (Å²) >= 11 is 5.96. The molecule has 32 heavy (non-hydrogen) atoms. The van der Waals surface area contributed by atoms with Gasteiger partial charge in [-0.05, 0) is 48.9 Å². The third-order valence-electron chi connectivity index (χ3n) is 5.95. The zero-order valence-corrected chi connectivity index (χ0v) is 18.6. The van der Waals surface area contributed by atoms with E-state index in [1.54, 1.807) is 30.3 Å². The number of carbonyl (C=O) groups excluding carboxylic acids is 1. The molecule has 0 aliphatic carbocycles. The molecule has 8 heteroatoms. The summed E-state index contributed by atoms with van der Waals surface area (Å²) in [5.74, 6) is 0.0862. The van der Waals surface area contributed by atoms with Crippen molar-refractivity contribution in [1.29, 1.82) is 0 Å². The Morgan fingerprint density at radius 1 is 1.19 bits per heavy atom. The van der Waals surface area contributed by atoms with Crippen LogP contribution in [0.1, 0.15) is 33.3 Å². The third kappa shape index (κ3) is 3.72. The lowest BCUT2D eigenvalue weighted by molar-refractivity contribution is 0.0394. The number of halogens is 2. The number of aromatic nitrogens is 2. The number of anilines is 1. The standard InChI is InChI=1S/C24H22ClFN4O2/c1-14-9-15(5-6-27-14)21-13-30(7-8-32-21)22-11-18-19(12-29(2)24(18)31)23(28-22)17-4-3-16(25)10-20(17)26/h3-6,9-11,21H,7-8,12-13H2,1-2H3/t21-/m1/s1. The molecule has 0 spiro atoms. The first-order valence-electron chi connectivity index (χ1n) is 10.4. The van der Waals surface area contributed by atoms with Gasteiger partial charge in [-0.25, -0.2) is 9.37 Å². The van der Waals surface area contributed by atoms with E-state index in [1.807, 2.05) is 25.1 Å². The number of fused-ring (bicyclic) bond motifs is 1. The molecule has 1 amide bonds. The SMILES string of the molecule is Cc1cc([C@H]2CN(c3cc4c(c(-c5ccc(Cl)cc5F)n3)CN(C)C4=O)CCO2)ccn1. The second-order valence-electron chi connectivity index (χ2n) is 8.18. The summed E-state index contributed by atoms with van der Waals surface area (Å²) in [4.78, 5) is 25.6. The van der Waals surface area contributed by atoms with Crippen LogP contribution in [0.25, 0.3) is 11.3 Å². The van der Waals surface area contributed by atoms with Crippen LogP contribution in [0.5, 0.6) is 0 Å². The van der Waals surface area contributed by atoms with Crippen molar-refractivity contribution in [3.05, 3.63) is 75.8 Å². The van der Waals surface area contributed by atoms with E-state index in [9.17, 15) is 9.18 Å².